The lowest BCUT2D eigenvalue weighted by Gasteiger charge is -2.14. The predicted octanol–water partition coefficient (Wildman–Crippen LogP) is 2.63. The Hall–Kier alpha value is -3.50. The number of fused-ring (bicyclic) bond motifs is 1. The van der Waals surface area contributed by atoms with Gasteiger partial charge < -0.3 is 34.1 Å². The Kier molecular flexibility index (Phi) is 6.93. The van der Waals surface area contributed by atoms with Crippen LogP contribution in [0.4, 0.5) is 0 Å². The van der Waals surface area contributed by atoms with Gasteiger partial charge in [0.05, 0.1) is 18.3 Å². The molecule has 4 rings (SSSR count). The highest BCUT2D eigenvalue weighted by atomic mass is 32.1. The van der Waals surface area contributed by atoms with E-state index in [0.29, 0.717) is 40.9 Å². The Morgan fingerprint density at radius 1 is 1.19 bits per heavy atom. The first-order valence-corrected chi connectivity index (χ1v) is 10.7. The summed E-state index contributed by atoms with van der Waals surface area (Å²) in [6.45, 7) is 0.512. The largest absolute Gasteiger partial charge is 0.493 e. The maximum absolute atomic E-state index is 12.5. The molecule has 0 fully saturated rings. The summed E-state index contributed by atoms with van der Waals surface area (Å²) < 4.78 is 27.2. The topological polar surface area (TPSA) is 108 Å². The highest BCUT2D eigenvalue weighted by Crippen LogP contribution is 2.35. The number of ether oxygens (including phenoxy) is 5. The zero-order chi connectivity index (χ0) is 22.3. The Labute approximate surface area is 188 Å². The van der Waals surface area contributed by atoms with Gasteiger partial charge in [-0.05, 0) is 30.3 Å². The maximum atomic E-state index is 12.5. The first-order valence-electron chi connectivity index (χ1n) is 9.79. The number of aromatic nitrogens is 1. The zero-order valence-electron chi connectivity index (χ0n) is 17.3. The number of aliphatic hydroxyl groups excluding tert-OH is 1. The van der Waals surface area contributed by atoms with Crippen LogP contribution in [0.25, 0.3) is 0 Å². The van der Waals surface area contributed by atoms with E-state index in [-0.39, 0.29) is 25.9 Å². The standard InChI is InChI=1S/C22H22N2O7S/c1-27-20-6-14(2-4-18(20)29-9-15-11-32-12-24-15)22(26)23-8-16(25)10-28-17-3-5-19-21(7-17)31-13-30-19/h2-7,11-12,16,25H,8-10,13H2,1H3,(H,23,26). The summed E-state index contributed by atoms with van der Waals surface area (Å²) >= 11 is 1.49. The van der Waals surface area contributed by atoms with Crippen molar-refractivity contribution >= 4 is 17.2 Å². The van der Waals surface area contributed by atoms with Gasteiger partial charge >= 0.3 is 0 Å². The summed E-state index contributed by atoms with van der Waals surface area (Å²) in [5, 5.41) is 14.7. The normalized spacial score (nSPS) is 12.8. The van der Waals surface area contributed by atoms with Gasteiger partial charge in [0.25, 0.3) is 5.91 Å². The summed E-state index contributed by atoms with van der Waals surface area (Å²) in [6, 6.07) is 10.0. The minimum absolute atomic E-state index is 0.00659. The molecule has 168 valence electrons. The lowest BCUT2D eigenvalue weighted by Crippen LogP contribution is -2.35. The Balaban J connectivity index is 1.26. The molecule has 2 N–H and O–H groups in total. The third-order valence-corrected chi connectivity index (χ3v) is 5.20. The fourth-order valence-corrected chi connectivity index (χ4v) is 3.46. The molecule has 0 spiro atoms. The van der Waals surface area contributed by atoms with Crippen molar-refractivity contribution in [3.63, 3.8) is 0 Å². The van der Waals surface area contributed by atoms with Crippen molar-refractivity contribution in [2.24, 2.45) is 0 Å². The van der Waals surface area contributed by atoms with Crippen LogP contribution in [0.1, 0.15) is 16.1 Å². The van der Waals surface area contributed by atoms with E-state index in [0.717, 1.165) is 5.69 Å². The molecular formula is C22H22N2O7S. The van der Waals surface area contributed by atoms with Gasteiger partial charge in [0.15, 0.2) is 23.0 Å². The van der Waals surface area contributed by atoms with Crippen LogP contribution in [-0.4, -0.2) is 49.2 Å². The SMILES string of the molecule is COc1cc(C(=O)NCC(O)COc2ccc3c(c2)OCO3)ccc1OCc1cscn1. The molecule has 3 aromatic rings. The van der Waals surface area contributed by atoms with E-state index in [1.54, 1.807) is 41.9 Å². The molecule has 32 heavy (non-hydrogen) atoms. The van der Waals surface area contributed by atoms with E-state index in [1.165, 1.54) is 18.4 Å². The van der Waals surface area contributed by atoms with Crippen molar-refractivity contribution in [2.45, 2.75) is 12.7 Å². The van der Waals surface area contributed by atoms with Gasteiger partial charge in [0.1, 0.15) is 25.1 Å². The van der Waals surface area contributed by atoms with Crippen LogP contribution < -0.4 is 29.0 Å². The second-order valence-corrected chi connectivity index (χ2v) is 7.54. The molecule has 9 nitrogen and oxygen atoms in total. The van der Waals surface area contributed by atoms with Crippen molar-refractivity contribution in [3.8, 4) is 28.7 Å². The predicted molar refractivity (Wildman–Crippen MR) is 116 cm³/mol. The lowest BCUT2D eigenvalue weighted by atomic mass is 10.2. The molecule has 10 heteroatoms. The average Bonchev–Trinajstić information content (AvgIpc) is 3.51. The number of hydrogen-bond donors (Lipinski definition) is 2. The molecule has 1 aliphatic heterocycles. The quantitative estimate of drug-likeness (QED) is 0.477. The number of methoxy groups -OCH3 is 1. The van der Waals surface area contributed by atoms with Crippen molar-refractivity contribution < 1.29 is 33.6 Å². The van der Waals surface area contributed by atoms with Crippen LogP contribution in [0, 0.1) is 0 Å². The van der Waals surface area contributed by atoms with Gasteiger partial charge in [-0.25, -0.2) is 4.98 Å². The first-order chi connectivity index (χ1) is 15.6. The second kappa shape index (κ2) is 10.2. The van der Waals surface area contributed by atoms with Gasteiger partial charge in [-0.2, -0.15) is 0 Å². The van der Waals surface area contributed by atoms with Gasteiger partial charge in [0, 0.05) is 23.6 Å². The van der Waals surface area contributed by atoms with Crippen LogP contribution in [-0.2, 0) is 6.61 Å². The first kappa shape index (κ1) is 21.7. The molecule has 0 bridgehead atoms. The maximum Gasteiger partial charge on any atom is 0.251 e. The van der Waals surface area contributed by atoms with Gasteiger partial charge in [-0.15, -0.1) is 11.3 Å². The molecule has 0 saturated carbocycles. The van der Waals surface area contributed by atoms with E-state index in [4.69, 9.17) is 23.7 Å². The van der Waals surface area contributed by atoms with E-state index in [9.17, 15) is 9.90 Å². The molecule has 1 amide bonds. The molecule has 0 aliphatic carbocycles. The van der Waals surface area contributed by atoms with Gasteiger partial charge in [-0.3, -0.25) is 4.79 Å². The summed E-state index contributed by atoms with van der Waals surface area (Å²) in [5.41, 5.74) is 2.93. The number of benzene rings is 2. The number of aliphatic hydroxyl groups is 1. The third-order valence-electron chi connectivity index (χ3n) is 4.57. The molecule has 1 unspecified atom stereocenters. The number of carbonyl (C=O) groups excluding carboxylic acids is 1. The lowest BCUT2D eigenvalue weighted by molar-refractivity contribution is 0.0843. The monoisotopic (exact) mass is 458 g/mol. The highest BCUT2D eigenvalue weighted by molar-refractivity contribution is 7.07. The summed E-state index contributed by atoms with van der Waals surface area (Å²) in [7, 11) is 1.50. The molecule has 0 radical (unpaired) electrons. The van der Waals surface area contributed by atoms with E-state index >= 15 is 0 Å². The number of thiazole rings is 1. The Morgan fingerprint density at radius 3 is 2.88 bits per heavy atom. The van der Waals surface area contributed by atoms with Crippen LogP contribution in [0.2, 0.25) is 0 Å². The smallest absolute Gasteiger partial charge is 0.251 e. The highest BCUT2D eigenvalue weighted by Gasteiger charge is 2.16. The van der Waals surface area contributed by atoms with Crippen LogP contribution in [0.5, 0.6) is 28.7 Å². The zero-order valence-corrected chi connectivity index (χ0v) is 18.1. The summed E-state index contributed by atoms with van der Waals surface area (Å²) in [4.78, 5) is 16.6. The minimum atomic E-state index is -0.896. The Bertz CT molecular complexity index is 1060. The number of rotatable bonds is 10. The molecule has 2 heterocycles. The molecule has 1 atom stereocenters. The van der Waals surface area contributed by atoms with Crippen molar-refractivity contribution in [1.82, 2.24) is 10.3 Å². The van der Waals surface area contributed by atoms with E-state index < -0.39 is 6.10 Å². The number of hydrogen-bond acceptors (Lipinski definition) is 9. The van der Waals surface area contributed by atoms with Gasteiger partial charge in [-0.1, -0.05) is 0 Å². The van der Waals surface area contributed by atoms with Crippen LogP contribution in [0.15, 0.2) is 47.3 Å². The number of carbonyl (C=O) groups is 1. The third kappa shape index (κ3) is 5.40. The molecule has 0 saturated heterocycles. The number of nitrogens with zero attached hydrogens (tertiary/aromatic N) is 1. The van der Waals surface area contributed by atoms with Crippen molar-refractivity contribution in [3.05, 3.63) is 58.5 Å². The van der Waals surface area contributed by atoms with Crippen LogP contribution >= 0.6 is 11.3 Å². The number of nitrogens with one attached hydrogen (secondary N) is 1. The fourth-order valence-electron chi connectivity index (χ4n) is 2.92. The van der Waals surface area contributed by atoms with Crippen molar-refractivity contribution in [2.75, 3.05) is 27.1 Å². The average molecular weight is 458 g/mol. The van der Waals surface area contributed by atoms with E-state index in [2.05, 4.69) is 10.3 Å². The molecular weight excluding hydrogens is 436 g/mol. The minimum Gasteiger partial charge on any atom is -0.493 e. The van der Waals surface area contributed by atoms with Crippen LogP contribution in [0.3, 0.4) is 0 Å². The molecule has 2 aromatic carbocycles. The summed E-state index contributed by atoms with van der Waals surface area (Å²) in [5.74, 6) is 2.38. The molecule has 1 aromatic heterocycles. The van der Waals surface area contributed by atoms with Gasteiger partial charge in [0.2, 0.25) is 6.79 Å². The van der Waals surface area contributed by atoms with Crippen molar-refractivity contribution in [1.29, 1.82) is 0 Å². The number of amides is 1. The Morgan fingerprint density at radius 2 is 2.06 bits per heavy atom. The van der Waals surface area contributed by atoms with E-state index in [1.807, 2.05) is 5.38 Å². The molecule has 1 aliphatic rings. The fraction of sp³-hybridized carbons (Fsp3) is 0.273. The second-order valence-electron chi connectivity index (χ2n) is 6.82. The summed E-state index contributed by atoms with van der Waals surface area (Å²) in [6.07, 6.45) is -0.896.